The van der Waals surface area contributed by atoms with Gasteiger partial charge in [0.05, 0.1) is 11.8 Å². The molecule has 25 heavy (non-hydrogen) atoms. The molecule has 7 nitrogen and oxygen atoms in total. The third-order valence-electron chi connectivity index (χ3n) is 5.46. The van der Waals surface area contributed by atoms with Crippen LogP contribution in [0.3, 0.4) is 0 Å². The van der Waals surface area contributed by atoms with E-state index < -0.39 is 0 Å². The number of piperidine rings is 1. The first-order chi connectivity index (χ1) is 12.2. The highest BCUT2D eigenvalue weighted by Gasteiger charge is 2.33. The van der Waals surface area contributed by atoms with Crippen molar-refractivity contribution >= 4 is 22.8 Å². The zero-order valence-electron chi connectivity index (χ0n) is 13.9. The van der Waals surface area contributed by atoms with Gasteiger partial charge in [-0.25, -0.2) is 4.98 Å². The average molecular weight is 340 g/mol. The molecule has 1 N–H and O–H groups in total. The molecule has 7 heteroatoms. The van der Waals surface area contributed by atoms with E-state index in [0.717, 1.165) is 39.1 Å². The molecule has 2 amide bonds. The maximum absolute atomic E-state index is 12.6. The number of nitrogens with zero attached hydrogens (tertiary/aromatic N) is 3. The molecule has 5 rings (SSSR count). The fourth-order valence-corrected chi connectivity index (χ4v) is 4.07. The molecule has 0 aliphatic carbocycles. The second-order valence-corrected chi connectivity index (χ2v) is 7.33. The zero-order chi connectivity index (χ0) is 17.0. The summed E-state index contributed by atoms with van der Waals surface area (Å²) in [6, 6.07) is 1.84. The van der Waals surface area contributed by atoms with Gasteiger partial charge in [-0.2, -0.15) is 0 Å². The fourth-order valence-electron chi connectivity index (χ4n) is 4.07. The molecule has 3 fully saturated rings. The molecule has 3 saturated heterocycles. The van der Waals surface area contributed by atoms with E-state index in [1.807, 2.05) is 0 Å². The summed E-state index contributed by atoms with van der Waals surface area (Å²) in [6.45, 7) is 4.77. The minimum absolute atomic E-state index is 0.0482. The molecular weight excluding hydrogens is 320 g/mol. The van der Waals surface area contributed by atoms with E-state index in [4.69, 9.17) is 4.42 Å². The van der Waals surface area contributed by atoms with Gasteiger partial charge in [-0.1, -0.05) is 0 Å². The first-order valence-corrected chi connectivity index (χ1v) is 8.87. The standard InChI is InChI=1S/C18H20N4O3/c23-17(20-12-5-11-1-2-21(8-11)9-12)15-6-13-14(18(24)22-3-4-22)10-25-16(13)7-19-15/h6-7,10-12H,1-5,8-9H2,(H,20,23)/t11-,12-/m1/s1. The predicted octanol–water partition coefficient (Wildman–Crippen LogP) is 1.11. The van der Waals surface area contributed by atoms with Crippen LogP contribution in [0.5, 0.6) is 0 Å². The summed E-state index contributed by atoms with van der Waals surface area (Å²) in [6.07, 6.45) is 5.25. The molecule has 130 valence electrons. The normalized spacial score (nSPS) is 27.5. The lowest BCUT2D eigenvalue weighted by atomic mass is 9.97. The monoisotopic (exact) mass is 340 g/mol. The van der Waals surface area contributed by atoms with Gasteiger partial charge >= 0.3 is 0 Å². The Labute approximate surface area is 145 Å². The third-order valence-corrected chi connectivity index (χ3v) is 5.46. The van der Waals surface area contributed by atoms with Crippen LogP contribution in [-0.2, 0) is 0 Å². The Bertz CT molecular complexity index is 845. The molecule has 0 spiro atoms. The van der Waals surface area contributed by atoms with Crippen molar-refractivity contribution in [2.75, 3.05) is 32.7 Å². The number of furan rings is 1. The van der Waals surface area contributed by atoms with E-state index in [1.165, 1.54) is 18.9 Å². The fraction of sp³-hybridized carbons (Fsp3) is 0.500. The van der Waals surface area contributed by atoms with E-state index in [9.17, 15) is 9.59 Å². The predicted molar refractivity (Wildman–Crippen MR) is 90.3 cm³/mol. The maximum atomic E-state index is 12.6. The number of rotatable bonds is 3. The second kappa shape index (κ2) is 5.56. The van der Waals surface area contributed by atoms with E-state index in [1.54, 1.807) is 11.0 Å². The van der Waals surface area contributed by atoms with E-state index in [-0.39, 0.29) is 17.9 Å². The summed E-state index contributed by atoms with van der Waals surface area (Å²) < 4.78 is 5.42. The summed E-state index contributed by atoms with van der Waals surface area (Å²) in [7, 11) is 0. The molecule has 5 heterocycles. The Kier molecular flexibility index (Phi) is 3.31. The Morgan fingerprint density at radius 3 is 2.92 bits per heavy atom. The number of carbonyl (C=O) groups excluding carboxylic acids is 2. The lowest BCUT2D eigenvalue weighted by Gasteiger charge is -2.30. The minimum Gasteiger partial charge on any atom is -0.462 e. The third kappa shape index (κ3) is 2.68. The Balaban J connectivity index is 1.37. The number of amides is 2. The molecule has 3 atom stereocenters. The molecule has 1 unspecified atom stereocenters. The van der Waals surface area contributed by atoms with Crippen molar-refractivity contribution in [1.29, 1.82) is 0 Å². The van der Waals surface area contributed by atoms with Gasteiger partial charge in [0.1, 0.15) is 12.0 Å². The van der Waals surface area contributed by atoms with E-state index in [2.05, 4.69) is 15.2 Å². The summed E-state index contributed by atoms with van der Waals surface area (Å²) >= 11 is 0. The first kappa shape index (κ1) is 14.9. The lowest BCUT2D eigenvalue weighted by Crippen LogP contribution is -2.47. The van der Waals surface area contributed by atoms with Gasteiger partial charge in [0.15, 0.2) is 5.58 Å². The van der Waals surface area contributed by atoms with Crippen molar-refractivity contribution < 1.29 is 14.0 Å². The van der Waals surface area contributed by atoms with Crippen LogP contribution in [0.4, 0.5) is 0 Å². The van der Waals surface area contributed by atoms with Crippen molar-refractivity contribution in [3.8, 4) is 0 Å². The van der Waals surface area contributed by atoms with Crippen LogP contribution in [0.1, 0.15) is 33.7 Å². The average Bonchev–Trinajstić information content (AvgIpc) is 3.30. The van der Waals surface area contributed by atoms with Crippen LogP contribution >= 0.6 is 0 Å². The van der Waals surface area contributed by atoms with Crippen molar-refractivity contribution in [3.05, 3.63) is 29.8 Å². The SMILES string of the molecule is O=C(N[C@@H]1C[C@H]2CCN(C2)C1)c1cc2c(C(=O)N3CC3)coc2cn1. The van der Waals surface area contributed by atoms with Crippen LogP contribution in [0, 0.1) is 5.92 Å². The van der Waals surface area contributed by atoms with Crippen molar-refractivity contribution in [1.82, 2.24) is 20.1 Å². The molecule has 2 aromatic rings. The Hall–Kier alpha value is -2.41. The smallest absolute Gasteiger partial charge is 0.270 e. The topological polar surface area (TPSA) is 78.5 Å². The highest BCUT2D eigenvalue weighted by Crippen LogP contribution is 2.27. The van der Waals surface area contributed by atoms with Crippen LogP contribution in [0.15, 0.2) is 22.9 Å². The summed E-state index contributed by atoms with van der Waals surface area (Å²) in [5.41, 5.74) is 1.37. The van der Waals surface area contributed by atoms with Crippen molar-refractivity contribution in [2.45, 2.75) is 18.9 Å². The number of hydrogen-bond acceptors (Lipinski definition) is 5. The largest absolute Gasteiger partial charge is 0.462 e. The molecule has 3 aliphatic heterocycles. The molecule has 0 saturated carbocycles. The lowest BCUT2D eigenvalue weighted by molar-refractivity contribution is 0.0882. The van der Waals surface area contributed by atoms with Crippen LogP contribution in [0.25, 0.3) is 11.0 Å². The maximum Gasteiger partial charge on any atom is 0.270 e. The Morgan fingerprint density at radius 2 is 2.12 bits per heavy atom. The van der Waals surface area contributed by atoms with Gasteiger partial charge in [0, 0.05) is 37.6 Å². The number of carbonyl (C=O) groups is 2. The summed E-state index contributed by atoms with van der Waals surface area (Å²) in [5.74, 6) is 0.467. The number of hydrogen-bond donors (Lipinski definition) is 1. The highest BCUT2D eigenvalue weighted by molar-refractivity contribution is 6.08. The second-order valence-electron chi connectivity index (χ2n) is 7.33. The molecule has 0 aromatic carbocycles. The molecule has 2 aromatic heterocycles. The summed E-state index contributed by atoms with van der Waals surface area (Å²) in [5, 5.41) is 3.76. The highest BCUT2D eigenvalue weighted by atomic mass is 16.3. The number of fused-ring (bicyclic) bond motifs is 3. The summed E-state index contributed by atoms with van der Waals surface area (Å²) in [4.78, 5) is 33.3. The van der Waals surface area contributed by atoms with Gasteiger partial charge in [0.2, 0.25) is 0 Å². The zero-order valence-corrected chi connectivity index (χ0v) is 13.9. The van der Waals surface area contributed by atoms with Crippen LogP contribution in [-0.4, -0.2) is 65.4 Å². The minimum atomic E-state index is -0.180. The van der Waals surface area contributed by atoms with E-state index in [0.29, 0.717) is 28.1 Å². The Morgan fingerprint density at radius 1 is 1.24 bits per heavy atom. The van der Waals surface area contributed by atoms with E-state index >= 15 is 0 Å². The van der Waals surface area contributed by atoms with Crippen LogP contribution in [0.2, 0.25) is 0 Å². The number of nitrogens with one attached hydrogen (secondary N) is 1. The first-order valence-electron chi connectivity index (χ1n) is 8.87. The van der Waals surface area contributed by atoms with Gasteiger partial charge in [-0.05, 0) is 31.4 Å². The molecule has 2 bridgehead atoms. The van der Waals surface area contributed by atoms with Crippen LogP contribution < -0.4 is 5.32 Å². The van der Waals surface area contributed by atoms with Gasteiger partial charge in [-0.3, -0.25) is 9.59 Å². The van der Waals surface area contributed by atoms with Crippen molar-refractivity contribution in [2.24, 2.45) is 5.92 Å². The molecular formula is C18H20N4O3. The quantitative estimate of drug-likeness (QED) is 0.847. The molecule has 0 radical (unpaired) electrons. The van der Waals surface area contributed by atoms with Gasteiger partial charge < -0.3 is 19.5 Å². The van der Waals surface area contributed by atoms with Gasteiger partial charge in [0.25, 0.3) is 11.8 Å². The van der Waals surface area contributed by atoms with Gasteiger partial charge in [-0.15, -0.1) is 0 Å². The van der Waals surface area contributed by atoms with Crippen molar-refractivity contribution in [3.63, 3.8) is 0 Å². The number of aromatic nitrogens is 1. The number of pyridine rings is 1. The molecule has 3 aliphatic rings.